The third-order valence-corrected chi connectivity index (χ3v) is 3.73. The molecule has 1 heterocycles. The third kappa shape index (κ3) is 2.66. The molecular weight excluding hydrogens is 288 g/mol. The zero-order valence-corrected chi connectivity index (χ0v) is 11.1. The van der Waals surface area contributed by atoms with Crippen LogP contribution in [0.3, 0.4) is 0 Å². The first-order valence-corrected chi connectivity index (χ1v) is 6.45. The molecule has 84 valence electrons. The summed E-state index contributed by atoms with van der Waals surface area (Å²) in [6, 6.07) is 7.93. The number of aromatic nitrogens is 2. The summed E-state index contributed by atoms with van der Waals surface area (Å²) in [5.41, 5.74) is 1.90. The molecule has 16 heavy (non-hydrogen) atoms. The maximum atomic E-state index is 10.0. The summed E-state index contributed by atoms with van der Waals surface area (Å²) in [4.78, 5) is 0.847. The Hall–Kier alpha value is -0.780. The van der Waals surface area contributed by atoms with Crippen LogP contribution in [0.5, 0.6) is 0 Å². The van der Waals surface area contributed by atoms with Crippen molar-refractivity contribution in [1.82, 2.24) is 9.59 Å². The fourth-order valence-electron chi connectivity index (χ4n) is 1.52. The van der Waals surface area contributed by atoms with E-state index in [2.05, 4.69) is 25.5 Å². The predicted octanol–water partition coefficient (Wildman–Crippen LogP) is 2.89. The van der Waals surface area contributed by atoms with Crippen LogP contribution in [0.2, 0.25) is 0 Å². The summed E-state index contributed by atoms with van der Waals surface area (Å²) >= 11 is 4.67. The minimum atomic E-state index is -0.519. The van der Waals surface area contributed by atoms with Gasteiger partial charge in [0.1, 0.15) is 0 Å². The lowest BCUT2D eigenvalue weighted by Crippen LogP contribution is -2.01. The molecule has 0 aliphatic rings. The van der Waals surface area contributed by atoms with E-state index in [0.717, 1.165) is 20.6 Å². The highest BCUT2D eigenvalue weighted by atomic mass is 79.9. The Bertz CT molecular complexity index is 486. The standard InChI is InChI=1S/C11H11BrN2OS/c1-7-11(16-14-13-7)10(15)6-8-3-2-4-9(12)5-8/h2-5,10,15H,6H2,1H3. The van der Waals surface area contributed by atoms with Crippen LogP contribution in [0, 0.1) is 6.92 Å². The molecule has 3 nitrogen and oxygen atoms in total. The lowest BCUT2D eigenvalue weighted by Gasteiger charge is -2.08. The van der Waals surface area contributed by atoms with Crippen LogP contribution in [0.1, 0.15) is 22.2 Å². The normalized spacial score (nSPS) is 12.7. The van der Waals surface area contributed by atoms with Crippen molar-refractivity contribution >= 4 is 27.5 Å². The number of rotatable bonds is 3. The summed E-state index contributed by atoms with van der Waals surface area (Å²) in [5.74, 6) is 0. The Balaban J connectivity index is 2.14. The molecule has 2 rings (SSSR count). The highest BCUT2D eigenvalue weighted by Crippen LogP contribution is 2.24. The molecule has 1 N–H and O–H groups in total. The maximum absolute atomic E-state index is 10.0. The van der Waals surface area contributed by atoms with Gasteiger partial charge in [-0.2, -0.15) is 0 Å². The highest BCUT2D eigenvalue weighted by molar-refractivity contribution is 9.10. The average molecular weight is 299 g/mol. The molecule has 0 fully saturated rings. The van der Waals surface area contributed by atoms with Crippen molar-refractivity contribution in [2.24, 2.45) is 0 Å². The van der Waals surface area contributed by atoms with E-state index in [1.807, 2.05) is 31.2 Å². The van der Waals surface area contributed by atoms with Gasteiger partial charge in [0.15, 0.2) is 0 Å². The van der Waals surface area contributed by atoms with Gasteiger partial charge in [-0.3, -0.25) is 0 Å². The van der Waals surface area contributed by atoms with Crippen molar-refractivity contribution in [3.05, 3.63) is 44.9 Å². The Morgan fingerprint density at radius 2 is 2.31 bits per heavy atom. The molecule has 2 aromatic rings. The molecule has 1 aromatic carbocycles. The Labute approximate surface area is 106 Å². The number of aliphatic hydroxyl groups excluding tert-OH is 1. The Kier molecular flexibility index (Phi) is 3.68. The molecule has 0 spiro atoms. The molecule has 0 saturated carbocycles. The second-order valence-electron chi connectivity index (χ2n) is 3.57. The van der Waals surface area contributed by atoms with E-state index in [0.29, 0.717) is 6.42 Å². The molecule has 0 bridgehead atoms. The first-order chi connectivity index (χ1) is 7.66. The van der Waals surface area contributed by atoms with Crippen LogP contribution in [0.15, 0.2) is 28.7 Å². The quantitative estimate of drug-likeness (QED) is 0.948. The van der Waals surface area contributed by atoms with E-state index in [1.165, 1.54) is 11.5 Å². The van der Waals surface area contributed by atoms with Crippen molar-refractivity contribution in [3.8, 4) is 0 Å². The van der Waals surface area contributed by atoms with Crippen LogP contribution >= 0.6 is 27.5 Å². The van der Waals surface area contributed by atoms with Gasteiger partial charge in [-0.25, -0.2) is 0 Å². The minimum Gasteiger partial charge on any atom is -0.387 e. The fraction of sp³-hybridized carbons (Fsp3) is 0.273. The van der Waals surface area contributed by atoms with Gasteiger partial charge in [0.2, 0.25) is 0 Å². The second kappa shape index (κ2) is 5.03. The number of halogens is 1. The van der Waals surface area contributed by atoms with Gasteiger partial charge in [0.05, 0.1) is 16.7 Å². The number of aryl methyl sites for hydroxylation is 1. The average Bonchev–Trinajstić information content (AvgIpc) is 2.64. The molecule has 0 radical (unpaired) electrons. The first kappa shape index (κ1) is 11.7. The Morgan fingerprint density at radius 3 is 2.94 bits per heavy atom. The van der Waals surface area contributed by atoms with E-state index < -0.39 is 6.10 Å². The SMILES string of the molecule is Cc1nnsc1C(O)Cc1cccc(Br)c1. The number of hydrogen-bond acceptors (Lipinski definition) is 4. The van der Waals surface area contributed by atoms with Crippen LogP contribution in [-0.2, 0) is 6.42 Å². The van der Waals surface area contributed by atoms with Gasteiger partial charge in [-0.05, 0) is 36.2 Å². The molecule has 0 aliphatic heterocycles. The van der Waals surface area contributed by atoms with E-state index in [4.69, 9.17) is 0 Å². The van der Waals surface area contributed by atoms with Gasteiger partial charge in [-0.15, -0.1) is 5.10 Å². The number of benzene rings is 1. The molecule has 0 amide bonds. The Morgan fingerprint density at radius 1 is 1.50 bits per heavy atom. The predicted molar refractivity (Wildman–Crippen MR) is 67.5 cm³/mol. The zero-order valence-electron chi connectivity index (χ0n) is 8.72. The summed E-state index contributed by atoms with van der Waals surface area (Å²) in [5, 5.41) is 13.9. The van der Waals surface area contributed by atoms with Crippen LogP contribution in [0.25, 0.3) is 0 Å². The molecule has 1 aromatic heterocycles. The van der Waals surface area contributed by atoms with Crippen LogP contribution in [0.4, 0.5) is 0 Å². The van der Waals surface area contributed by atoms with Crippen LogP contribution in [-0.4, -0.2) is 14.7 Å². The van der Waals surface area contributed by atoms with Crippen molar-refractivity contribution < 1.29 is 5.11 Å². The summed E-state index contributed by atoms with van der Waals surface area (Å²) in [6.07, 6.45) is 0.0683. The van der Waals surface area contributed by atoms with Gasteiger partial charge >= 0.3 is 0 Å². The third-order valence-electron chi connectivity index (χ3n) is 2.31. The molecular formula is C11H11BrN2OS. The summed E-state index contributed by atoms with van der Waals surface area (Å²) < 4.78 is 4.85. The minimum absolute atomic E-state index is 0.519. The summed E-state index contributed by atoms with van der Waals surface area (Å²) in [6.45, 7) is 1.86. The van der Waals surface area contributed by atoms with E-state index in [1.54, 1.807) is 0 Å². The molecule has 1 unspecified atom stereocenters. The highest BCUT2D eigenvalue weighted by Gasteiger charge is 2.14. The number of aliphatic hydroxyl groups is 1. The lowest BCUT2D eigenvalue weighted by molar-refractivity contribution is 0.181. The lowest BCUT2D eigenvalue weighted by atomic mass is 10.1. The molecule has 0 saturated heterocycles. The molecule has 1 atom stereocenters. The maximum Gasteiger partial charge on any atom is 0.0957 e. The van der Waals surface area contributed by atoms with Crippen molar-refractivity contribution in [1.29, 1.82) is 0 Å². The van der Waals surface area contributed by atoms with Gasteiger partial charge in [-0.1, -0.05) is 32.6 Å². The molecule has 0 aliphatic carbocycles. The largest absolute Gasteiger partial charge is 0.387 e. The second-order valence-corrected chi connectivity index (χ2v) is 5.27. The van der Waals surface area contributed by atoms with Crippen molar-refractivity contribution in [2.45, 2.75) is 19.4 Å². The van der Waals surface area contributed by atoms with Gasteiger partial charge < -0.3 is 5.11 Å². The van der Waals surface area contributed by atoms with Crippen LogP contribution < -0.4 is 0 Å². The van der Waals surface area contributed by atoms with E-state index in [-0.39, 0.29) is 0 Å². The van der Waals surface area contributed by atoms with Crippen molar-refractivity contribution in [2.75, 3.05) is 0 Å². The topological polar surface area (TPSA) is 46.0 Å². The molecule has 5 heteroatoms. The van der Waals surface area contributed by atoms with Crippen molar-refractivity contribution in [3.63, 3.8) is 0 Å². The smallest absolute Gasteiger partial charge is 0.0957 e. The zero-order chi connectivity index (χ0) is 11.5. The van der Waals surface area contributed by atoms with E-state index in [9.17, 15) is 5.11 Å². The summed E-state index contributed by atoms with van der Waals surface area (Å²) in [7, 11) is 0. The van der Waals surface area contributed by atoms with Gasteiger partial charge in [0.25, 0.3) is 0 Å². The van der Waals surface area contributed by atoms with Gasteiger partial charge in [0, 0.05) is 10.9 Å². The monoisotopic (exact) mass is 298 g/mol. The first-order valence-electron chi connectivity index (χ1n) is 4.88. The van der Waals surface area contributed by atoms with E-state index >= 15 is 0 Å². The fourth-order valence-corrected chi connectivity index (χ4v) is 2.60. The number of hydrogen-bond donors (Lipinski definition) is 1. The number of nitrogens with zero attached hydrogens (tertiary/aromatic N) is 2.